The lowest BCUT2D eigenvalue weighted by Crippen LogP contribution is -2.18. The number of ether oxygens (including phenoxy) is 1. The Bertz CT molecular complexity index is 568. The van der Waals surface area contributed by atoms with E-state index in [1.54, 1.807) is 6.92 Å². The summed E-state index contributed by atoms with van der Waals surface area (Å²) < 4.78 is 31.7. The monoisotopic (exact) mass is 270 g/mol. The van der Waals surface area contributed by atoms with Gasteiger partial charge in [-0.15, -0.1) is 0 Å². The first kappa shape index (κ1) is 12.3. The number of esters is 1. The van der Waals surface area contributed by atoms with Crippen LogP contribution in [0.3, 0.4) is 0 Å². The van der Waals surface area contributed by atoms with Crippen molar-refractivity contribution in [2.45, 2.75) is 32.2 Å². The maximum absolute atomic E-state index is 12.9. The van der Waals surface area contributed by atoms with E-state index in [2.05, 4.69) is 5.10 Å². The van der Waals surface area contributed by atoms with Crippen LogP contribution in [0, 0.1) is 5.92 Å². The molecule has 0 N–H and O–H groups in total. The molecular formula is C12H12F2N2O3. The molecule has 0 bridgehead atoms. The fourth-order valence-corrected chi connectivity index (χ4v) is 2.70. The number of carbonyl (C=O) groups excluding carboxylic acids is 2. The van der Waals surface area contributed by atoms with Crippen LogP contribution in [0.15, 0.2) is 0 Å². The summed E-state index contributed by atoms with van der Waals surface area (Å²) in [6.07, 6.45) is -2.11. The Kier molecular flexibility index (Phi) is 2.65. The molecule has 1 aromatic rings. The van der Waals surface area contributed by atoms with Crippen LogP contribution in [0.2, 0.25) is 0 Å². The number of ketones is 1. The van der Waals surface area contributed by atoms with Crippen LogP contribution in [-0.2, 0) is 16.1 Å². The Hall–Kier alpha value is -1.79. The Labute approximate surface area is 107 Å². The van der Waals surface area contributed by atoms with Crippen LogP contribution in [-0.4, -0.2) is 28.1 Å². The molecule has 0 aromatic carbocycles. The highest BCUT2D eigenvalue weighted by Crippen LogP contribution is 2.58. The minimum absolute atomic E-state index is 0.123. The van der Waals surface area contributed by atoms with Gasteiger partial charge in [-0.05, 0) is 19.3 Å². The van der Waals surface area contributed by atoms with Gasteiger partial charge in [-0.25, -0.2) is 13.5 Å². The first-order valence-corrected chi connectivity index (χ1v) is 6.13. The summed E-state index contributed by atoms with van der Waals surface area (Å²) in [5.74, 6) is -1.06. The molecule has 1 aromatic heterocycles. The zero-order chi connectivity index (χ0) is 13.7. The number of halogens is 2. The third-order valence-corrected chi connectivity index (χ3v) is 3.54. The number of Topliss-reactive ketones (excluding diaryl/α,β-unsaturated/α-hetero) is 1. The molecule has 0 aliphatic heterocycles. The summed E-state index contributed by atoms with van der Waals surface area (Å²) in [6.45, 7) is 1.55. The van der Waals surface area contributed by atoms with Crippen molar-refractivity contribution in [2.75, 3.05) is 6.61 Å². The van der Waals surface area contributed by atoms with Gasteiger partial charge in [-0.2, -0.15) is 5.10 Å². The largest absolute Gasteiger partial charge is 0.465 e. The molecule has 2 aliphatic rings. The van der Waals surface area contributed by atoms with Gasteiger partial charge < -0.3 is 4.74 Å². The molecule has 5 nitrogen and oxygen atoms in total. The third kappa shape index (κ3) is 1.75. The smallest absolute Gasteiger partial charge is 0.327 e. The Balaban J connectivity index is 1.98. The summed E-state index contributed by atoms with van der Waals surface area (Å²) in [5, 5.41) is 3.73. The Morgan fingerprint density at radius 3 is 2.89 bits per heavy atom. The minimum atomic E-state index is -2.73. The number of alkyl halides is 2. The van der Waals surface area contributed by atoms with E-state index in [4.69, 9.17) is 4.74 Å². The average molecular weight is 270 g/mol. The number of hydrogen-bond donors (Lipinski definition) is 0. The Morgan fingerprint density at radius 1 is 1.53 bits per heavy atom. The highest BCUT2D eigenvalue weighted by atomic mass is 19.3. The number of fused-ring (bicyclic) bond motifs is 3. The van der Waals surface area contributed by atoms with Gasteiger partial charge in [0.15, 0.2) is 5.78 Å². The summed E-state index contributed by atoms with van der Waals surface area (Å²) in [6, 6.07) is 0. The van der Waals surface area contributed by atoms with Gasteiger partial charge in [-0.3, -0.25) is 9.59 Å². The van der Waals surface area contributed by atoms with Crippen molar-refractivity contribution in [1.29, 1.82) is 0 Å². The molecular weight excluding hydrogens is 258 g/mol. The predicted octanol–water partition coefficient (Wildman–Crippen LogP) is 1.68. The molecule has 0 unspecified atom stereocenters. The Morgan fingerprint density at radius 2 is 2.26 bits per heavy atom. The van der Waals surface area contributed by atoms with Gasteiger partial charge in [-0.1, -0.05) is 0 Å². The van der Waals surface area contributed by atoms with E-state index in [1.807, 2.05) is 0 Å². The molecule has 0 spiro atoms. The van der Waals surface area contributed by atoms with E-state index in [1.165, 1.54) is 0 Å². The van der Waals surface area contributed by atoms with Gasteiger partial charge in [0.05, 0.1) is 6.61 Å². The van der Waals surface area contributed by atoms with Crippen LogP contribution in [0.4, 0.5) is 8.78 Å². The van der Waals surface area contributed by atoms with Gasteiger partial charge >= 0.3 is 5.97 Å². The van der Waals surface area contributed by atoms with Crippen LogP contribution >= 0.6 is 0 Å². The van der Waals surface area contributed by atoms with E-state index in [9.17, 15) is 18.4 Å². The van der Waals surface area contributed by atoms with E-state index < -0.39 is 12.4 Å². The normalized spacial score (nSPS) is 23.5. The van der Waals surface area contributed by atoms with Crippen molar-refractivity contribution in [3.63, 3.8) is 0 Å². The molecule has 0 amide bonds. The van der Waals surface area contributed by atoms with E-state index >= 15 is 0 Å². The van der Waals surface area contributed by atoms with E-state index in [-0.39, 0.29) is 42.2 Å². The van der Waals surface area contributed by atoms with Crippen LogP contribution in [0.5, 0.6) is 0 Å². The average Bonchev–Trinajstić information content (AvgIpc) is 2.96. The molecule has 1 heterocycles. The molecule has 19 heavy (non-hydrogen) atoms. The van der Waals surface area contributed by atoms with Crippen molar-refractivity contribution in [1.82, 2.24) is 9.78 Å². The molecule has 2 atom stereocenters. The second-order valence-corrected chi connectivity index (χ2v) is 4.72. The number of hydrogen-bond acceptors (Lipinski definition) is 4. The second kappa shape index (κ2) is 4.11. The maximum Gasteiger partial charge on any atom is 0.327 e. The molecule has 7 heteroatoms. The predicted molar refractivity (Wildman–Crippen MR) is 59.0 cm³/mol. The lowest BCUT2D eigenvalue weighted by Gasteiger charge is -2.05. The first-order valence-electron chi connectivity index (χ1n) is 6.13. The summed E-state index contributed by atoms with van der Waals surface area (Å²) in [7, 11) is 0. The van der Waals surface area contributed by atoms with Crippen molar-refractivity contribution in [3.8, 4) is 0 Å². The van der Waals surface area contributed by atoms with Crippen molar-refractivity contribution < 1.29 is 23.1 Å². The lowest BCUT2D eigenvalue weighted by atomic mass is 10.1. The van der Waals surface area contributed by atoms with Crippen molar-refractivity contribution in [3.05, 3.63) is 17.0 Å². The molecule has 102 valence electrons. The highest BCUT2D eigenvalue weighted by Gasteiger charge is 2.56. The van der Waals surface area contributed by atoms with Crippen LogP contribution < -0.4 is 0 Å². The number of rotatable bonds is 4. The van der Waals surface area contributed by atoms with Gasteiger partial charge in [0.25, 0.3) is 6.43 Å². The lowest BCUT2D eigenvalue weighted by molar-refractivity contribution is -0.144. The van der Waals surface area contributed by atoms with Gasteiger partial charge in [0, 0.05) is 11.5 Å². The van der Waals surface area contributed by atoms with Crippen LogP contribution in [0.25, 0.3) is 0 Å². The van der Waals surface area contributed by atoms with Crippen molar-refractivity contribution >= 4 is 11.8 Å². The quantitative estimate of drug-likeness (QED) is 0.781. The highest BCUT2D eigenvalue weighted by molar-refractivity contribution is 6.05. The van der Waals surface area contributed by atoms with Crippen molar-refractivity contribution in [2.24, 2.45) is 5.92 Å². The van der Waals surface area contributed by atoms with Gasteiger partial charge in [0.2, 0.25) is 0 Å². The fourth-order valence-electron chi connectivity index (χ4n) is 2.70. The molecule has 3 rings (SSSR count). The topological polar surface area (TPSA) is 61.2 Å². The molecule has 1 fully saturated rings. The third-order valence-electron chi connectivity index (χ3n) is 3.54. The van der Waals surface area contributed by atoms with Gasteiger partial charge in [0.1, 0.15) is 17.9 Å². The number of carbonyl (C=O) groups is 2. The minimum Gasteiger partial charge on any atom is -0.465 e. The van der Waals surface area contributed by atoms with E-state index in [0.29, 0.717) is 12.0 Å². The SMILES string of the molecule is CCOC(=O)Cn1nc(C(F)F)c2c1C(=O)[C@H]1C[C@H]21. The molecule has 1 saturated carbocycles. The first-order chi connectivity index (χ1) is 9.04. The fraction of sp³-hybridized carbons (Fsp3) is 0.583. The second-order valence-electron chi connectivity index (χ2n) is 4.72. The zero-order valence-electron chi connectivity index (χ0n) is 10.2. The standard InChI is InChI=1S/C12H12F2N2O3/c1-2-19-7(17)4-16-10-8(9(15-16)12(13)14)5-3-6(5)11(10)18/h5-6,12H,2-4H2,1H3/t5-,6-/m0/s1. The molecule has 0 radical (unpaired) electrons. The zero-order valence-corrected chi connectivity index (χ0v) is 10.2. The summed E-state index contributed by atoms with van der Waals surface area (Å²) in [5.41, 5.74) is 0.150. The maximum atomic E-state index is 12.9. The number of nitrogens with zero attached hydrogens (tertiary/aromatic N) is 2. The molecule has 0 saturated heterocycles. The summed E-state index contributed by atoms with van der Waals surface area (Å²) in [4.78, 5) is 23.4. The number of aromatic nitrogens is 2. The molecule has 2 aliphatic carbocycles. The van der Waals surface area contributed by atoms with Crippen LogP contribution in [0.1, 0.15) is 47.4 Å². The van der Waals surface area contributed by atoms with E-state index in [0.717, 1.165) is 4.68 Å². The summed E-state index contributed by atoms with van der Waals surface area (Å²) >= 11 is 0.